The van der Waals surface area contributed by atoms with Crippen molar-refractivity contribution in [3.63, 3.8) is 0 Å². The zero-order chi connectivity index (χ0) is 35.3. The van der Waals surface area contributed by atoms with Gasteiger partial charge in [-0.15, -0.1) is 24.8 Å². The van der Waals surface area contributed by atoms with Crippen molar-refractivity contribution in [2.75, 3.05) is 0 Å². The number of allylic oxidation sites excluding steroid dienone is 2. The second kappa shape index (κ2) is 13.6. The number of halogens is 2. The number of hydrogen-bond donors (Lipinski definition) is 0. The third-order valence-corrected chi connectivity index (χ3v) is 30.6. The molecule has 0 spiro atoms. The van der Waals surface area contributed by atoms with E-state index in [1.807, 2.05) is 0 Å². The minimum absolute atomic E-state index is 0. The van der Waals surface area contributed by atoms with Gasteiger partial charge in [-0.3, -0.25) is 0 Å². The van der Waals surface area contributed by atoms with E-state index < -0.39 is 20.0 Å². The van der Waals surface area contributed by atoms with Gasteiger partial charge in [-0.05, 0) is 0 Å². The summed E-state index contributed by atoms with van der Waals surface area (Å²) < 4.78 is 4.20. The van der Waals surface area contributed by atoms with Crippen LogP contribution in [0.4, 0.5) is 0 Å². The Balaban J connectivity index is 0.00000252. The van der Waals surface area contributed by atoms with E-state index in [2.05, 4.69) is 180 Å². The van der Waals surface area contributed by atoms with Crippen molar-refractivity contribution in [1.29, 1.82) is 0 Å². The summed E-state index contributed by atoms with van der Waals surface area (Å²) in [6, 6.07) is 33.4. The van der Waals surface area contributed by atoms with E-state index in [0.29, 0.717) is 7.35 Å². The quantitative estimate of drug-likeness (QED) is 0.179. The summed E-state index contributed by atoms with van der Waals surface area (Å²) in [5, 5.41) is 0. The Morgan fingerprint density at radius 2 is 0.765 bits per heavy atom. The number of rotatable bonds is 4. The molecule has 0 aromatic heterocycles. The molecule has 2 unspecified atom stereocenters. The molecule has 270 valence electrons. The SMILES string of the molecule is CC(C)(C)C1=Cc2c(-c3ccc(C(C)(C)C)cc3)cccc2[CH]1[Hf]1([CH]2C(C(C)(C)C)=Cc3c(-c4ccc(C(C)(C)C)cc4)cccc32)[CH2][CH2]1.Cl.Cl. The Hall–Kier alpha value is -2.19. The van der Waals surface area contributed by atoms with Gasteiger partial charge in [0.05, 0.1) is 0 Å². The van der Waals surface area contributed by atoms with E-state index in [0.717, 1.165) is 0 Å². The maximum absolute atomic E-state index is 3.12. The smallest absolute Gasteiger partial charge is 0.147 e. The van der Waals surface area contributed by atoms with Gasteiger partial charge < -0.3 is 0 Å². The maximum atomic E-state index is 2.66. The Morgan fingerprint density at radius 1 is 0.431 bits per heavy atom. The molecule has 4 aromatic carbocycles. The van der Waals surface area contributed by atoms with Crippen molar-refractivity contribution in [1.82, 2.24) is 0 Å². The summed E-state index contributed by atoms with van der Waals surface area (Å²) >= 11 is -3.12. The molecule has 0 amide bonds. The van der Waals surface area contributed by atoms with Gasteiger partial charge in [0.2, 0.25) is 0 Å². The zero-order valence-electron chi connectivity index (χ0n) is 33.1. The van der Waals surface area contributed by atoms with Gasteiger partial charge in [0.25, 0.3) is 0 Å². The molecular formula is C48H60Cl2Hf. The third-order valence-electron chi connectivity index (χ3n) is 12.0. The van der Waals surface area contributed by atoms with Crippen LogP contribution in [-0.2, 0) is 30.8 Å². The molecule has 0 bridgehead atoms. The van der Waals surface area contributed by atoms with Crippen LogP contribution in [-0.4, -0.2) is 0 Å². The van der Waals surface area contributed by atoms with Gasteiger partial charge in [-0.2, -0.15) is 0 Å². The number of fused-ring (bicyclic) bond motifs is 2. The summed E-state index contributed by atoms with van der Waals surface area (Å²) in [5.74, 6) is 0. The minimum Gasteiger partial charge on any atom is -0.147 e. The molecule has 1 fully saturated rings. The summed E-state index contributed by atoms with van der Waals surface area (Å²) in [7, 11) is 0. The van der Waals surface area contributed by atoms with Gasteiger partial charge in [-0.1, -0.05) is 0 Å². The van der Waals surface area contributed by atoms with Gasteiger partial charge in [0.1, 0.15) is 0 Å². The molecule has 0 N–H and O–H groups in total. The minimum atomic E-state index is -3.12. The Labute approximate surface area is 326 Å². The fourth-order valence-corrected chi connectivity index (χ4v) is 38.3. The van der Waals surface area contributed by atoms with Gasteiger partial charge >= 0.3 is 304 Å². The molecule has 2 atom stereocenters. The molecular weight excluding hydrogens is 826 g/mol. The van der Waals surface area contributed by atoms with Gasteiger partial charge in [0, 0.05) is 0 Å². The summed E-state index contributed by atoms with van der Waals surface area (Å²) in [6.45, 7) is 28.7. The Kier molecular flexibility index (Phi) is 10.7. The van der Waals surface area contributed by atoms with Crippen molar-refractivity contribution < 1.29 is 20.0 Å². The average Bonchev–Trinajstić information content (AvgIpc) is 3.52. The molecule has 1 aliphatic heterocycles. The topological polar surface area (TPSA) is 0 Å². The van der Waals surface area contributed by atoms with Gasteiger partial charge in [-0.25, -0.2) is 0 Å². The fraction of sp³-hybridized carbons (Fsp3) is 0.417. The maximum Gasteiger partial charge on any atom is -0.147 e. The molecule has 1 saturated heterocycles. The van der Waals surface area contributed by atoms with Crippen LogP contribution >= 0.6 is 24.8 Å². The first-order valence-corrected chi connectivity index (χ1v) is 28.0. The molecule has 4 aromatic rings. The van der Waals surface area contributed by atoms with Crippen molar-refractivity contribution in [2.24, 2.45) is 10.8 Å². The predicted octanol–water partition coefficient (Wildman–Crippen LogP) is 15.1. The van der Waals surface area contributed by atoms with Crippen LogP contribution in [0.2, 0.25) is 8.35 Å². The first-order valence-electron chi connectivity index (χ1n) is 18.7. The number of hydrogen-bond acceptors (Lipinski definition) is 0. The first kappa shape index (κ1) is 40.0. The van der Waals surface area contributed by atoms with Crippen LogP contribution < -0.4 is 0 Å². The molecule has 3 heteroatoms. The average molecular weight is 886 g/mol. The van der Waals surface area contributed by atoms with E-state index in [-0.39, 0.29) is 46.5 Å². The molecule has 3 aliphatic rings. The summed E-state index contributed by atoms with van der Waals surface area (Å²) in [6.07, 6.45) is 5.33. The zero-order valence-corrected chi connectivity index (χ0v) is 38.3. The standard InChI is InChI=1S/2C23H27.C2H4.2ClH.Hf/c2*1-22(2,3)18-12-10-16(11-13-18)20-9-7-8-17-14-19(15-21(17)20)23(4,5)6;1-2;;;/h2*7-15H,1-6H3;1-2H2;2*1H;. The van der Waals surface area contributed by atoms with Crippen LogP contribution in [0.3, 0.4) is 0 Å². The first-order chi connectivity index (χ1) is 22.8. The fourth-order valence-electron chi connectivity index (χ4n) is 9.03. The number of benzene rings is 4. The Bertz CT molecular complexity index is 1830. The predicted molar refractivity (Wildman–Crippen MR) is 226 cm³/mol. The summed E-state index contributed by atoms with van der Waals surface area (Å²) in [5.41, 5.74) is 18.5. The van der Waals surface area contributed by atoms with Crippen LogP contribution in [0.5, 0.6) is 0 Å². The van der Waals surface area contributed by atoms with E-state index in [1.165, 1.54) is 52.9 Å². The second-order valence-electron chi connectivity index (χ2n) is 19.6. The van der Waals surface area contributed by atoms with Crippen LogP contribution in [0.25, 0.3) is 34.4 Å². The van der Waals surface area contributed by atoms with Crippen LogP contribution in [0.15, 0.2) is 96.1 Å². The van der Waals surface area contributed by atoms with Crippen LogP contribution in [0.1, 0.15) is 124 Å². The molecule has 51 heavy (non-hydrogen) atoms. The summed E-state index contributed by atoms with van der Waals surface area (Å²) in [4.78, 5) is 0. The second-order valence-corrected chi connectivity index (χ2v) is 36.2. The monoisotopic (exact) mass is 886 g/mol. The van der Waals surface area contributed by atoms with Gasteiger partial charge in [0.15, 0.2) is 0 Å². The third kappa shape index (κ3) is 7.11. The van der Waals surface area contributed by atoms with E-state index in [1.54, 1.807) is 22.3 Å². The van der Waals surface area contributed by atoms with Crippen molar-refractivity contribution >= 4 is 37.0 Å². The van der Waals surface area contributed by atoms with Crippen molar-refractivity contribution in [3.05, 3.63) is 129 Å². The molecule has 1 heterocycles. The van der Waals surface area contributed by atoms with Crippen LogP contribution in [0, 0.1) is 10.8 Å². The molecule has 7 rings (SSSR count). The largest absolute Gasteiger partial charge is 0.147 e. The normalized spacial score (nSPS) is 19.3. The Morgan fingerprint density at radius 3 is 1.04 bits per heavy atom. The molecule has 2 aliphatic carbocycles. The molecule has 0 saturated carbocycles. The van der Waals surface area contributed by atoms with E-state index >= 15 is 0 Å². The van der Waals surface area contributed by atoms with Crippen molar-refractivity contribution in [3.8, 4) is 22.3 Å². The van der Waals surface area contributed by atoms with E-state index in [9.17, 15) is 0 Å². The molecule has 0 nitrogen and oxygen atoms in total. The van der Waals surface area contributed by atoms with E-state index in [4.69, 9.17) is 0 Å². The van der Waals surface area contributed by atoms with Crippen molar-refractivity contribution in [2.45, 2.75) is 110 Å². The molecule has 0 radical (unpaired) electrons.